The third kappa shape index (κ3) is 2.13. The van der Waals surface area contributed by atoms with Crippen LogP contribution in [0.5, 0.6) is 0 Å². The minimum absolute atomic E-state index is 0. The van der Waals surface area contributed by atoms with Crippen molar-refractivity contribution in [1.29, 1.82) is 0 Å². The highest BCUT2D eigenvalue weighted by molar-refractivity contribution is 5.85. The summed E-state index contributed by atoms with van der Waals surface area (Å²) in [7, 11) is 0. The summed E-state index contributed by atoms with van der Waals surface area (Å²) in [6.45, 7) is 2.00. The summed E-state index contributed by atoms with van der Waals surface area (Å²) in [5, 5.41) is 3.98. The van der Waals surface area contributed by atoms with Gasteiger partial charge >= 0.3 is 0 Å². The van der Waals surface area contributed by atoms with Crippen molar-refractivity contribution in [3.05, 3.63) is 35.2 Å². The minimum Gasteiger partial charge on any atom is -0.339 e. The van der Waals surface area contributed by atoms with Crippen LogP contribution in [-0.2, 0) is 12.8 Å². The lowest BCUT2D eigenvalue weighted by Crippen LogP contribution is -2.04. The third-order valence-electron chi connectivity index (χ3n) is 3.30. The van der Waals surface area contributed by atoms with Gasteiger partial charge in [-0.2, -0.15) is 4.98 Å². The number of benzene rings is 1. The van der Waals surface area contributed by atoms with E-state index in [-0.39, 0.29) is 18.4 Å². The SMILES string of the molecule is CCc1nc(-c2ccc3c(c2)CC[C@H]3N)no1.Cl. The Morgan fingerprint density at radius 2 is 2.28 bits per heavy atom. The Balaban J connectivity index is 0.00000120. The van der Waals surface area contributed by atoms with Gasteiger partial charge in [-0.3, -0.25) is 0 Å². The second kappa shape index (κ2) is 5.08. The number of hydrogen-bond donors (Lipinski definition) is 1. The molecule has 5 heteroatoms. The third-order valence-corrected chi connectivity index (χ3v) is 3.30. The molecule has 0 fully saturated rings. The van der Waals surface area contributed by atoms with Crippen molar-refractivity contribution in [3.8, 4) is 11.4 Å². The molecule has 1 aliphatic carbocycles. The number of nitrogens with zero attached hydrogens (tertiary/aromatic N) is 2. The Hall–Kier alpha value is -1.39. The molecule has 0 aliphatic heterocycles. The van der Waals surface area contributed by atoms with Crippen LogP contribution in [0.1, 0.15) is 36.4 Å². The maximum absolute atomic E-state index is 6.01. The Kier molecular flexibility index (Phi) is 3.68. The summed E-state index contributed by atoms with van der Waals surface area (Å²) < 4.78 is 5.12. The highest BCUT2D eigenvalue weighted by Crippen LogP contribution is 2.31. The van der Waals surface area contributed by atoms with Crippen molar-refractivity contribution < 1.29 is 4.52 Å². The number of aromatic nitrogens is 2. The number of fused-ring (bicyclic) bond motifs is 1. The van der Waals surface area contributed by atoms with E-state index >= 15 is 0 Å². The highest BCUT2D eigenvalue weighted by Gasteiger charge is 2.20. The first-order chi connectivity index (χ1) is 8.28. The van der Waals surface area contributed by atoms with Crippen LogP contribution in [0.2, 0.25) is 0 Å². The Morgan fingerprint density at radius 3 is 3.00 bits per heavy atom. The first-order valence-corrected chi connectivity index (χ1v) is 5.99. The average Bonchev–Trinajstić information content (AvgIpc) is 2.96. The van der Waals surface area contributed by atoms with Gasteiger partial charge in [0.1, 0.15) is 0 Å². The maximum atomic E-state index is 6.01. The number of nitrogens with two attached hydrogens (primary N) is 1. The van der Waals surface area contributed by atoms with E-state index in [2.05, 4.69) is 22.3 Å². The maximum Gasteiger partial charge on any atom is 0.226 e. The Bertz CT molecular complexity index is 553. The molecule has 18 heavy (non-hydrogen) atoms. The second-order valence-corrected chi connectivity index (χ2v) is 4.42. The van der Waals surface area contributed by atoms with Gasteiger partial charge in [0.2, 0.25) is 11.7 Å². The number of hydrogen-bond acceptors (Lipinski definition) is 4. The van der Waals surface area contributed by atoms with E-state index in [9.17, 15) is 0 Å². The van der Waals surface area contributed by atoms with E-state index in [1.807, 2.05) is 13.0 Å². The molecular formula is C13H16ClN3O. The monoisotopic (exact) mass is 265 g/mol. The van der Waals surface area contributed by atoms with Crippen LogP contribution in [0.4, 0.5) is 0 Å². The number of halogens is 1. The Labute approximate surface area is 112 Å². The van der Waals surface area contributed by atoms with E-state index in [4.69, 9.17) is 10.3 Å². The molecule has 2 aromatic rings. The smallest absolute Gasteiger partial charge is 0.226 e. The zero-order valence-electron chi connectivity index (χ0n) is 10.2. The number of rotatable bonds is 2. The van der Waals surface area contributed by atoms with Gasteiger partial charge in [-0.25, -0.2) is 0 Å². The van der Waals surface area contributed by atoms with Gasteiger partial charge in [0, 0.05) is 18.0 Å². The van der Waals surface area contributed by atoms with Crippen LogP contribution < -0.4 is 5.73 Å². The molecule has 0 saturated heterocycles. The van der Waals surface area contributed by atoms with Gasteiger partial charge in [-0.1, -0.05) is 24.2 Å². The molecule has 0 bridgehead atoms. The summed E-state index contributed by atoms with van der Waals surface area (Å²) >= 11 is 0. The van der Waals surface area contributed by atoms with Gasteiger partial charge in [-0.15, -0.1) is 12.4 Å². The first kappa shape index (κ1) is 13.1. The van der Waals surface area contributed by atoms with Gasteiger partial charge in [0.05, 0.1) is 0 Å². The van der Waals surface area contributed by atoms with E-state index < -0.39 is 0 Å². The van der Waals surface area contributed by atoms with Crippen LogP contribution in [0.25, 0.3) is 11.4 Å². The van der Waals surface area contributed by atoms with Gasteiger partial charge in [-0.05, 0) is 30.0 Å². The summed E-state index contributed by atoms with van der Waals surface area (Å²) in [5.41, 5.74) is 9.60. The topological polar surface area (TPSA) is 64.9 Å². The molecule has 1 aliphatic rings. The van der Waals surface area contributed by atoms with Gasteiger partial charge in [0.25, 0.3) is 0 Å². The molecule has 0 radical (unpaired) electrons. The van der Waals surface area contributed by atoms with Gasteiger partial charge in [0.15, 0.2) is 0 Å². The first-order valence-electron chi connectivity index (χ1n) is 5.99. The lowest BCUT2D eigenvalue weighted by Gasteiger charge is -2.04. The normalized spacial score (nSPS) is 17.3. The predicted molar refractivity (Wildman–Crippen MR) is 71.6 cm³/mol. The van der Waals surface area contributed by atoms with Crippen molar-refractivity contribution in [1.82, 2.24) is 10.1 Å². The molecule has 0 saturated carbocycles. The largest absolute Gasteiger partial charge is 0.339 e. The van der Waals surface area contributed by atoms with E-state index in [1.165, 1.54) is 11.1 Å². The van der Waals surface area contributed by atoms with E-state index in [0.717, 1.165) is 24.8 Å². The standard InChI is InChI=1S/C13H15N3O.ClH/c1-2-12-15-13(16-17-12)9-3-5-10-8(7-9)4-6-11(10)14;/h3,5,7,11H,2,4,6,14H2,1H3;1H/t11-;/m1./s1. The van der Waals surface area contributed by atoms with Crippen LogP contribution in [0.15, 0.2) is 22.7 Å². The van der Waals surface area contributed by atoms with Crippen molar-refractivity contribution >= 4 is 12.4 Å². The van der Waals surface area contributed by atoms with Crippen molar-refractivity contribution in [2.75, 3.05) is 0 Å². The molecule has 1 heterocycles. The van der Waals surface area contributed by atoms with Crippen LogP contribution in [0.3, 0.4) is 0 Å². The molecule has 0 spiro atoms. The summed E-state index contributed by atoms with van der Waals surface area (Å²) in [6.07, 6.45) is 2.84. The van der Waals surface area contributed by atoms with Gasteiger partial charge < -0.3 is 10.3 Å². The minimum atomic E-state index is 0. The van der Waals surface area contributed by atoms with Crippen LogP contribution >= 0.6 is 12.4 Å². The predicted octanol–water partition coefficient (Wildman–Crippen LogP) is 2.67. The lowest BCUT2D eigenvalue weighted by atomic mass is 10.0. The molecule has 0 unspecified atom stereocenters. The fourth-order valence-electron chi connectivity index (χ4n) is 2.31. The quantitative estimate of drug-likeness (QED) is 0.907. The van der Waals surface area contributed by atoms with E-state index in [0.29, 0.717) is 11.7 Å². The molecule has 2 N–H and O–H groups in total. The summed E-state index contributed by atoms with van der Waals surface area (Å²) in [6, 6.07) is 6.43. The molecule has 1 aromatic carbocycles. The van der Waals surface area contributed by atoms with Crippen molar-refractivity contribution in [2.45, 2.75) is 32.2 Å². The molecule has 1 aromatic heterocycles. The molecule has 0 amide bonds. The fraction of sp³-hybridized carbons (Fsp3) is 0.385. The molecule has 96 valence electrons. The molecule has 1 atom stereocenters. The van der Waals surface area contributed by atoms with Crippen molar-refractivity contribution in [3.63, 3.8) is 0 Å². The van der Waals surface area contributed by atoms with Crippen molar-refractivity contribution in [2.24, 2.45) is 5.73 Å². The molecular weight excluding hydrogens is 250 g/mol. The lowest BCUT2D eigenvalue weighted by molar-refractivity contribution is 0.383. The molecule has 4 nitrogen and oxygen atoms in total. The average molecular weight is 266 g/mol. The summed E-state index contributed by atoms with van der Waals surface area (Å²) in [5.74, 6) is 1.35. The Morgan fingerprint density at radius 1 is 1.44 bits per heavy atom. The van der Waals surface area contributed by atoms with Crippen LogP contribution in [0, 0.1) is 0 Å². The number of aryl methyl sites for hydroxylation is 2. The van der Waals surface area contributed by atoms with E-state index in [1.54, 1.807) is 0 Å². The molecule has 3 rings (SSSR count). The van der Waals surface area contributed by atoms with Crippen LogP contribution in [-0.4, -0.2) is 10.1 Å². The second-order valence-electron chi connectivity index (χ2n) is 4.42. The zero-order chi connectivity index (χ0) is 11.8. The summed E-state index contributed by atoms with van der Waals surface area (Å²) in [4.78, 5) is 4.33. The zero-order valence-corrected chi connectivity index (χ0v) is 11.0. The highest BCUT2D eigenvalue weighted by atomic mass is 35.5. The fourth-order valence-corrected chi connectivity index (χ4v) is 2.31.